The van der Waals surface area contributed by atoms with E-state index in [9.17, 15) is 0 Å². The van der Waals surface area contributed by atoms with Gasteiger partial charge in [0.05, 0.1) is 12.6 Å². The van der Waals surface area contributed by atoms with Crippen LogP contribution in [-0.2, 0) is 0 Å². The highest BCUT2D eigenvalue weighted by Gasteiger charge is 2.15. The van der Waals surface area contributed by atoms with Crippen LogP contribution in [0.2, 0.25) is 0 Å². The molecule has 112 valence electrons. The van der Waals surface area contributed by atoms with Crippen LogP contribution in [0.3, 0.4) is 0 Å². The van der Waals surface area contributed by atoms with Gasteiger partial charge in [0.25, 0.3) is 0 Å². The fourth-order valence-electron chi connectivity index (χ4n) is 2.40. The van der Waals surface area contributed by atoms with Crippen molar-refractivity contribution in [1.82, 2.24) is 10.3 Å². The summed E-state index contributed by atoms with van der Waals surface area (Å²) < 4.78 is 5.65. The quantitative estimate of drug-likeness (QED) is 0.838. The van der Waals surface area contributed by atoms with E-state index in [1.54, 1.807) is 0 Å². The van der Waals surface area contributed by atoms with Crippen molar-refractivity contribution in [3.8, 4) is 5.75 Å². The van der Waals surface area contributed by atoms with Gasteiger partial charge in [0.1, 0.15) is 5.75 Å². The van der Waals surface area contributed by atoms with E-state index in [4.69, 9.17) is 4.74 Å². The standard InChI is InChI=1S/C18H24N2O/c1-4-12-21-16-8-6-15(7-9-16)18(20-5-2)17-10-11-19-13-14(17)3/h6-11,13,18,20H,4-5,12H2,1-3H3. The molecular weight excluding hydrogens is 260 g/mol. The molecule has 0 amide bonds. The first-order valence-corrected chi connectivity index (χ1v) is 7.63. The number of hydrogen-bond donors (Lipinski definition) is 1. The Bertz CT molecular complexity index is 551. The summed E-state index contributed by atoms with van der Waals surface area (Å²) in [6, 6.07) is 10.6. The lowest BCUT2D eigenvalue weighted by atomic mass is 9.96. The molecule has 0 fully saturated rings. The molecule has 1 unspecified atom stereocenters. The van der Waals surface area contributed by atoms with Gasteiger partial charge in [0, 0.05) is 12.4 Å². The highest BCUT2D eigenvalue weighted by atomic mass is 16.5. The summed E-state index contributed by atoms with van der Waals surface area (Å²) in [4.78, 5) is 4.18. The molecule has 0 aliphatic rings. The second kappa shape index (κ2) is 7.79. The molecule has 0 radical (unpaired) electrons. The number of ether oxygens (including phenoxy) is 1. The highest BCUT2D eigenvalue weighted by Crippen LogP contribution is 2.26. The van der Waals surface area contributed by atoms with Gasteiger partial charge in [0.2, 0.25) is 0 Å². The molecule has 0 aliphatic heterocycles. The number of hydrogen-bond acceptors (Lipinski definition) is 3. The van der Waals surface area contributed by atoms with Crippen LogP contribution < -0.4 is 10.1 Å². The average Bonchev–Trinajstić information content (AvgIpc) is 2.52. The van der Waals surface area contributed by atoms with Gasteiger partial charge in [-0.3, -0.25) is 4.98 Å². The third-order valence-corrected chi connectivity index (χ3v) is 3.47. The molecule has 3 heteroatoms. The van der Waals surface area contributed by atoms with E-state index in [1.165, 1.54) is 16.7 Å². The fraction of sp³-hybridized carbons (Fsp3) is 0.389. The molecular formula is C18H24N2O. The van der Waals surface area contributed by atoms with Crippen LogP contribution >= 0.6 is 0 Å². The van der Waals surface area contributed by atoms with Crippen LogP contribution in [0.25, 0.3) is 0 Å². The summed E-state index contributed by atoms with van der Waals surface area (Å²) >= 11 is 0. The minimum absolute atomic E-state index is 0.193. The largest absolute Gasteiger partial charge is 0.494 e. The van der Waals surface area contributed by atoms with Crippen molar-refractivity contribution in [3.05, 3.63) is 59.4 Å². The first-order chi connectivity index (χ1) is 10.3. The Morgan fingerprint density at radius 2 is 1.90 bits per heavy atom. The first-order valence-electron chi connectivity index (χ1n) is 7.63. The second-order valence-electron chi connectivity index (χ2n) is 5.14. The van der Waals surface area contributed by atoms with Gasteiger partial charge in [-0.25, -0.2) is 0 Å². The van der Waals surface area contributed by atoms with Gasteiger partial charge in [0.15, 0.2) is 0 Å². The van der Waals surface area contributed by atoms with Crippen molar-refractivity contribution >= 4 is 0 Å². The van der Waals surface area contributed by atoms with E-state index in [0.29, 0.717) is 0 Å². The molecule has 0 saturated heterocycles. The monoisotopic (exact) mass is 284 g/mol. The predicted octanol–water partition coefficient (Wildman–Crippen LogP) is 3.88. The molecule has 2 aromatic rings. The Hall–Kier alpha value is -1.87. The maximum absolute atomic E-state index is 5.65. The molecule has 0 spiro atoms. The Balaban J connectivity index is 2.24. The number of nitrogens with zero attached hydrogens (tertiary/aromatic N) is 1. The van der Waals surface area contributed by atoms with E-state index < -0.39 is 0 Å². The minimum Gasteiger partial charge on any atom is -0.494 e. The highest BCUT2D eigenvalue weighted by molar-refractivity contribution is 5.37. The maximum atomic E-state index is 5.65. The van der Waals surface area contributed by atoms with Crippen LogP contribution in [0.1, 0.15) is 43.0 Å². The van der Waals surface area contributed by atoms with Gasteiger partial charge < -0.3 is 10.1 Å². The summed E-state index contributed by atoms with van der Waals surface area (Å²) in [5.41, 5.74) is 3.72. The molecule has 0 aliphatic carbocycles. The molecule has 0 bridgehead atoms. The molecule has 0 saturated carbocycles. The molecule has 1 atom stereocenters. The average molecular weight is 284 g/mol. The van der Waals surface area contributed by atoms with Crippen molar-refractivity contribution < 1.29 is 4.74 Å². The predicted molar refractivity (Wildman–Crippen MR) is 86.7 cm³/mol. The summed E-state index contributed by atoms with van der Waals surface area (Å²) in [7, 11) is 0. The molecule has 1 N–H and O–H groups in total. The number of pyridine rings is 1. The molecule has 1 aromatic carbocycles. The van der Waals surface area contributed by atoms with Gasteiger partial charge in [-0.1, -0.05) is 26.0 Å². The van der Waals surface area contributed by atoms with E-state index in [0.717, 1.165) is 25.3 Å². The van der Waals surface area contributed by atoms with Crippen molar-refractivity contribution in [1.29, 1.82) is 0 Å². The van der Waals surface area contributed by atoms with E-state index >= 15 is 0 Å². The number of aryl methyl sites for hydroxylation is 1. The van der Waals surface area contributed by atoms with Crippen LogP contribution in [-0.4, -0.2) is 18.1 Å². The smallest absolute Gasteiger partial charge is 0.119 e. The van der Waals surface area contributed by atoms with Crippen molar-refractivity contribution in [2.75, 3.05) is 13.2 Å². The lowest BCUT2D eigenvalue weighted by Gasteiger charge is -2.21. The molecule has 1 aromatic heterocycles. The third-order valence-electron chi connectivity index (χ3n) is 3.47. The van der Waals surface area contributed by atoms with E-state index in [2.05, 4.69) is 49.3 Å². The van der Waals surface area contributed by atoms with Crippen molar-refractivity contribution in [2.45, 2.75) is 33.2 Å². The Kier molecular flexibility index (Phi) is 5.76. The second-order valence-corrected chi connectivity index (χ2v) is 5.14. The number of aromatic nitrogens is 1. The van der Waals surface area contributed by atoms with Crippen LogP contribution in [0.15, 0.2) is 42.7 Å². The van der Waals surface area contributed by atoms with Crippen LogP contribution in [0.5, 0.6) is 5.75 Å². The number of benzene rings is 1. The summed E-state index contributed by atoms with van der Waals surface area (Å²) in [5, 5.41) is 3.55. The Morgan fingerprint density at radius 1 is 1.14 bits per heavy atom. The first kappa shape index (κ1) is 15.5. The van der Waals surface area contributed by atoms with Crippen LogP contribution in [0.4, 0.5) is 0 Å². The normalized spacial score (nSPS) is 12.1. The zero-order valence-electron chi connectivity index (χ0n) is 13.1. The SMILES string of the molecule is CCCOc1ccc(C(NCC)c2ccncc2C)cc1. The van der Waals surface area contributed by atoms with Gasteiger partial charge >= 0.3 is 0 Å². The molecule has 21 heavy (non-hydrogen) atoms. The molecule has 2 rings (SSSR count). The third kappa shape index (κ3) is 4.05. The lowest BCUT2D eigenvalue weighted by molar-refractivity contribution is 0.317. The topological polar surface area (TPSA) is 34.1 Å². The minimum atomic E-state index is 0.193. The number of nitrogens with one attached hydrogen (secondary N) is 1. The Labute approximate surface area is 127 Å². The summed E-state index contributed by atoms with van der Waals surface area (Å²) in [6.07, 6.45) is 4.79. The van der Waals surface area contributed by atoms with Gasteiger partial charge in [-0.05, 0) is 54.8 Å². The zero-order valence-corrected chi connectivity index (χ0v) is 13.1. The summed E-state index contributed by atoms with van der Waals surface area (Å²) in [5.74, 6) is 0.933. The maximum Gasteiger partial charge on any atom is 0.119 e. The fourth-order valence-corrected chi connectivity index (χ4v) is 2.40. The van der Waals surface area contributed by atoms with Gasteiger partial charge in [-0.2, -0.15) is 0 Å². The van der Waals surface area contributed by atoms with Crippen molar-refractivity contribution in [3.63, 3.8) is 0 Å². The Morgan fingerprint density at radius 3 is 2.52 bits per heavy atom. The van der Waals surface area contributed by atoms with Gasteiger partial charge in [-0.15, -0.1) is 0 Å². The summed E-state index contributed by atoms with van der Waals surface area (Å²) in [6.45, 7) is 8.02. The zero-order chi connectivity index (χ0) is 15.1. The van der Waals surface area contributed by atoms with Crippen LogP contribution in [0, 0.1) is 6.92 Å². The molecule has 1 heterocycles. The van der Waals surface area contributed by atoms with E-state index in [1.807, 2.05) is 24.5 Å². The number of rotatable bonds is 7. The van der Waals surface area contributed by atoms with E-state index in [-0.39, 0.29) is 6.04 Å². The van der Waals surface area contributed by atoms with Crippen molar-refractivity contribution in [2.24, 2.45) is 0 Å². The lowest BCUT2D eigenvalue weighted by Crippen LogP contribution is -2.22. The molecule has 3 nitrogen and oxygen atoms in total.